The van der Waals surface area contributed by atoms with Crippen LogP contribution in [0.25, 0.3) is 0 Å². The number of quaternary nitrogens is 2. The third-order valence-electron chi connectivity index (χ3n) is 4.43. The van der Waals surface area contributed by atoms with Crippen molar-refractivity contribution in [1.82, 2.24) is 5.32 Å². The second kappa shape index (κ2) is 9.48. The number of amides is 2. The Morgan fingerprint density at radius 2 is 1.67 bits per heavy atom. The zero-order chi connectivity index (χ0) is 20.0. The van der Waals surface area contributed by atoms with Gasteiger partial charge in [-0.25, -0.2) is 4.39 Å². The number of hydrogen-bond acceptors (Lipinski definition) is 2. The highest BCUT2D eigenvalue weighted by molar-refractivity contribution is 6.30. The maximum Gasteiger partial charge on any atom is 0.279 e. The molecule has 0 aromatic heterocycles. The predicted molar refractivity (Wildman–Crippen MR) is 104 cm³/mol. The molecule has 0 spiro atoms. The van der Waals surface area contributed by atoms with Gasteiger partial charge < -0.3 is 20.4 Å². The van der Waals surface area contributed by atoms with Gasteiger partial charge in [0.05, 0.1) is 18.8 Å². The Balaban J connectivity index is 1.80. The first-order valence-corrected chi connectivity index (χ1v) is 9.73. The summed E-state index contributed by atoms with van der Waals surface area (Å²) in [5.74, 6) is -0.709. The molecule has 8 heteroatoms. The summed E-state index contributed by atoms with van der Waals surface area (Å²) in [5.41, 5.74) is -0.0842. The molecule has 1 fully saturated rings. The first-order chi connectivity index (χ1) is 12.6. The van der Waals surface area contributed by atoms with E-state index in [1.54, 1.807) is 6.07 Å². The Hall–Kier alpha value is -1.70. The van der Waals surface area contributed by atoms with Crippen molar-refractivity contribution in [3.05, 3.63) is 29.0 Å². The molecule has 1 heterocycles. The van der Waals surface area contributed by atoms with Crippen LogP contribution in [0.2, 0.25) is 5.02 Å². The van der Waals surface area contributed by atoms with Gasteiger partial charge in [0.25, 0.3) is 11.8 Å². The molecule has 150 valence electrons. The van der Waals surface area contributed by atoms with Crippen LogP contribution in [0.1, 0.15) is 27.2 Å². The Kier molecular flexibility index (Phi) is 7.59. The summed E-state index contributed by atoms with van der Waals surface area (Å²) in [6.07, 6.45) is 0.941. The van der Waals surface area contributed by atoms with E-state index in [1.165, 1.54) is 17.0 Å². The molecule has 0 saturated carbocycles. The quantitative estimate of drug-likeness (QED) is 0.538. The topological polar surface area (TPSA) is 67.1 Å². The van der Waals surface area contributed by atoms with Crippen molar-refractivity contribution in [2.75, 3.05) is 44.6 Å². The fourth-order valence-electron chi connectivity index (χ4n) is 3.25. The highest BCUT2D eigenvalue weighted by Crippen LogP contribution is 2.18. The standard InChI is InChI=1S/C19H28ClFN4O2/c1-19(2,3)23-18(27)13-25-8-4-7-24(9-10-25)12-17(26)22-16-6-5-14(20)11-15(16)21/h5-6,11H,4,7-10,12-13H2,1-3H3,(H,22,26)(H,23,27)/p+2. The SMILES string of the molecule is CC(C)(C)NC(=O)C[NH+]1CCC[NH+](CC(=O)Nc2ccc(Cl)cc2F)CC1. The van der Waals surface area contributed by atoms with Gasteiger partial charge in [-0.2, -0.15) is 0 Å². The second-order valence-corrected chi connectivity index (χ2v) is 8.61. The lowest BCUT2D eigenvalue weighted by Crippen LogP contribution is -3.18. The average molecular weight is 401 g/mol. The zero-order valence-corrected chi connectivity index (χ0v) is 17.0. The number of carbonyl (C=O) groups excluding carboxylic acids is 2. The van der Waals surface area contributed by atoms with Gasteiger partial charge in [0.1, 0.15) is 18.9 Å². The summed E-state index contributed by atoms with van der Waals surface area (Å²) in [4.78, 5) is 26.7. The van der Waals surface area contributed by atoms with Crippen molar-refractivity contribution in [2.45, 2.75) is 32.7 Å². The minimum absolute atomic E-state index is 0.0527. The van der Waals surface area contributed by atoms with Gasteiger partial charge in [-0.1, -0.05) is 11.6 Å². The lowest BCUT2D eigenvalue weighted by atomic mass is 10.1. The first kappa shape index (κ1) is 21.6. The predicted octanol–water partition coefficient (Wildman–Crippen LogP) is -0.494. The fourth-order valence-corrected chi connectivity index (χ4v) is 3.41. The van der Waals surface area contributed by atoms with Crippen LogP contribution < -0.4 is 20.4 Å². The highest BCUT2D eigenvalue weighted by atomic mass is 35.5. The Bertz CT molecular complexity index is 678. The Labute approximate surface area is 165 Å². The summed E-state index contributed by atoms with van der Waals surface area (Å²) in [5, 5.41) is 5.89. The van der Waals surface area contributed by atoms with Crippen molar-refractivity contribution in [3.8, 4) is 0 Å². The van der Waals surface area contributed by atoms with Gasteiger partial charge >= 0.3 is 0 Å². The summed E-state index contributed by atoms with van der Waals surface area (Å²) in [7, 11) is 0. The third kappa shape index (κ3) is 7.82. The van der Waals surface area contributed by atoms with Crippen LogP contribution in [0, 0.1) is 5.82 Å². The molecule has 0 aliphatic carbocycles. The van der Waals surface area contributed by atoms with Gasteiger partial charge in [0.15, 0.2) is 13.1 Å². The number of nitrogens with one attached hydrogen (secondary N) is 4. The lowest BCUT2D eigenvalue weighted by molar-refractivity contribution is -0.930. The van der Waals surface area contributed by atoms with Crippen LogP contribution >= 0.6 is 11.6 Å². The summed E-state index contributed by atoms with van der Waals surface area (Å²) < 4.78 is 13.8. The molecule has 1 aromatic carbocycles. The fraction of sp³-hybridized carbons (Fsp3) is 0.579. The third-order valence-corrected chi connectivity index (χ3v) is 4.67. The van der Waals surface area contributed by atoms with E-state index in [2.05, 4.69) is 10.6 Å². The average Bonchev–Trinajstić information content (AvgIpc) is 2.73. The largest absolute Gasteiger partial charge is 0.347 e. The molecule has 27 heavy (non-hydrogen) atoms. The molecular formula is C19H30ClFN4O2+2. The molecule has 1 aromatic rings. The Morgan fingerprint density at radius 1 is 1.07 bits per heavy atom. The van der Waals surface area contributed by atoms with Crippen molar-refractivity contribution in [2.24, 2.45) is 0 Å². The smallest absolute Gasteiger partial charge is 0.279 e. The molecule has 2 amide bonds. The van der Waals surface area contributed by atoms with E-state index >= 15 is 0 Å². The van der Waals surface area contributed by atoms with Gasteiger partial charge in [-0.15, -0.1) is 0 Å². The maximum atomic E-state index is 13.8. The van der Waals surface area contributed by atoms with Gasteiger partial charge in [0, 0.05) is 17.0 Å². The zero-order valence-electron chi connectivity index (χ0n) is 16.3. The Morgan fingerprint density at radius 3 is 2.22 bits per heavy atom. The van der Waals surface area contributed by atoms with Crippen molar-refractivity contribution < 1.29 is 23.8 Å². The van der Waals surface area contributed by atoms with Gasteiger partial charge in [0.2, 0.25) is 0 Å². The van der Waals surface area contributed by atoms with Crippen molar-refractivity contribution in [1.29, 1.82) is 0 Å². The number of hydrogen-bond donors (Lipinski definition) is 4. The molecule has 6 nitrogen and oxygen atoms in total. The molecule has 4 N–H and O–H groups in total. The van der Waals surface area contributed by atoms with Crippen molar-refractivity contribution >= 4 is 29.1 Å². The van der Waals surface area contributed by atoms with E-state index in [0.29, 0.717) is 11.6 Å². The van der Waals surface area contributed by atoms with Crippen LogP contribution in [-0.4, -0.2) is 56.6 Å². The molecule has 1 saturated heterocycles. The number of benzene rings is 1. The molecular weight excluding hydrogens is 371 g/mol. The van der Waals surface area contributed by atoms with Crippen molar-refractivity contribution in [3.63, 3.8) is 0 Å². The maximum absolute atomic E-state index is 13.8. The normalized spacial score (nSPS) is 20.6. The van der Waals surface area contributed by atoms with E-state index in [-0.39, 0.29) is 29.6 Å². The highest BCUT2D eigenvalue weighted by Gasteiger charge is 2.25. The minimum atomic E-state index is -0.540. The first-order valence-electron chi connectivity index (χ1n) is 9.35. The summed E-state index contributed by atoms with van der Waals surface area (Å²) >= 11 is 5.72. The molecule has 1 aliphatic heterocycles. The molecule has 2 atom stereocenters. The minimum Gasteiger partial charge on any atom is -0.347 e. The molecule has 2 unspecified atom stereocenters. The van der Waals surface area contributed by atoms with Crippen LogP contribution in [-0.2, 0) is 9.59 Å². The van der Waals surface area contributed by atoms with E-state index in [1.807, 2.05) is 20.8 Å². The molecule has 0 bridgehead atoms. The molecule has 1 aliphatic rings. The summed E-state index contributed by atoms with van der Waals surface area (Å²) in [6.45, 7) is 10.0. The number of anilines is 1. The van der Waals surface area contributed by atoms with Gasteiger partial charge in [-0.3, -0.25) is 9.59 Å². The van der Waals surface area contributed by atoms with E-state index in [4.69, 9.17) is 11.6 Å². The van der Waals surface area contributed by atoms with Crippen LogP contribution in [0.5, 0.6) is 0 Å². The lowest BCUT2D eigenvalue weighted by Gasteiger charge is -2.22. The molecule has 0 radical (unpaired) electrons. The van der Waals surface area contributed by atoms with E-state index in [9.17, 15) is 14.0 Å². The summed E-state index contributed by atoms with van der Waals surface area (Å²) in [6, 6.07) is 4.19. The van der Waals surface area contributed by atoms with E-state index in [0.717, 1.165) is 37.5 Å². The van der Waals surface area contributed by atoms with Crippen LogP contribution in [0.3, 0.4) is 0 Å². The van der Waals surface area contributed by atoms with Crippen LogP contribution in [0.15, 0.2) is 18.2 Å². The number of halogens is 2. The second-order valence-electron chi connectivity index (χ2n) is 8.18. The van der Waals surface area contributed by atoms with E-state index < -0.39 is 5.82 Å². The number of carbonyl (C=O) groups is 2. The number of rotatable bonds is 5. The molecule has 2 rings (SSSR count). The van der Waals surface area contributed by atoms with Gasteiger partial charge in [-0.05, 0) is 39.0 Å². The van der Waals surface area contributed by atoms with Crippen LogP contribution in [0.4, 0.5) is 10.1 Å². The monoisotopic (exact) mass is 400 g/mol.